The van der Waals surface area contributed by atoms with Crippen molar-refractivity contribution in [3.05, 3.63) is 71.1 Å². The molecule has 9 heteroatoms. The van der Waals surface area contributed by atoms with Crippen molar-refractivity contribution >= 4 is 71.5 Å². The molecule has 2 aromatic carbocycles. The monoisotopic (exact) mass is 725 g/mol. The highest BCUT2D eigenvalue weighted by Gasteiger charge is 2.22. The Morgan fingerprint density at radius 1 is 0.745 bits per heavy atom. The van der Waals surface area contributed by atoms with Gasteiger partial charge in [-0.05, 0) is 86.0 Å². The minimum Gasteiger partial charge on any atom is -0.494 e. The molecule has 0 radical (unpaired) electrons. The van der Waals surface area contributed by atoms with Crippen molar-refractivity contribution in [2.24, 2.45) is 0 Å². The van der Waals surface area contributed by atoms with Gasteiger partial charge in [-0.25, -0.2) is 4.79 Å². The maximum Gasteiger partial charge on any atom is 0.346 e. The van der Waals surface area contributed by atoms with Crippen LogP contribution >= 0.6 is 22.7 Å². The summed E-state index contributed by atoms with van der Waals surface area (Å²) in [5.41, 5.74) is 4.07. The summed E-state index contributed by atoms with van der Waals surface area (Å²) in [5, 5.41) is 20.0. The lowest BCUT2D eigenvalue weighted by atomic mass is 10.2. The Labute approximate surface area is 310 Å². The van der Waals surface area contributed by atoms with Gasteiger partial charge in [0.05, 0.1) is 33.6 Å². The van der Waals surface area contributed by atoms with Crippen molar-refractivity contribution < 1.29 is 19.4 Å². The largest absolute Gasteiger partial charge is 0.494 e. The predicted molar refractivity (Wildman–Crippen MR) is 215 cm³/mol. The molecule has 0 saturated carbocycles. The Morgan fingerprint density at radius 2 is 1.25 bits per heavy atom. The molecule has 51 heavy (non-hydrogen) atoms. The van der Waals surface area contributed by atoms with Gasteiger partial charge in [0.25, 0.3) is 0 Å². The third-order valence-electron chi connectivity index (χ3n) is 9.04. The van der Waals surface area contributed by atoms with Gasteiger partial charge < -0.3 is 24.0 Å². The third-order valence-corrected chi connectivity index (χ3v) is 11.4. The molecule has 0 aliphatic heterocycles. The lowest BCUT2D eigenvalue weighted by Gasteiger charge is -2.24. The number of hydrogen-bond donors (Lipinski definition) is 1. The number of unbranched alkanes of at least 4 members (excludes halogenated alkanes) is 9. The first-order valence-corrected chi connectivity index (χ1v) is 20.3. The number of benzene rings is 2. The van der Waals surface area contributed by atoms with E-state index >= 15 is 0 Å². The number of carboxylic acids is 1. The van der Waals surface area contributed by atoms with Gasteiger partial charge in [-0.2, -0.15) is 5.26 Å². The van der Waals surface area contributed by atoms with E-state index in [2.05, 4.69) is 84.8 Å². The van der Waals surface area contributed by atoms with Crippen molar-refractivity contribution in [1.29, 1.82) is 5.26 Å². The second kappa shape index (κ2) is 19.4. The number of nitrogens with zero attached hydrogens (tertiary/aromatic N) is 3. The van der Waals surface area contributed by atoms with E-state index in [4.69, 9.17) is 9.47 Å². The van der Waals surface area contributed by atoms with E-state index in [-0.39, 0.29) is 5.57 Å². The quantitative estimate of drug-likeness (QED) is 0.0434. The highest BCUT2D eigenvalue weighted by Crippen LogP contribution is 2.47. The van der Waals surface area contributed by atoms with Crippen molar-refractivity contribution in [2.75, 3.05) is 18.1 Å². The first-order valence-electron chi connectivity index (χ1n) is 18.6. The van der Waals surface area contributed by atoms with E-state index in [1.54, 1.807) is 22.7 Å². The van der Waals surface area contributed by atoms with E-state index in [1.165, 1.54) is 63.0 Å². The number of carbonyl (C=O) groups is 1. The average molecular weight is 726 g/mol. The van der Waals surface area contributed by atoms with Crippen LogP contribution in [0.5, 0.6) is 11.5 Å². The van der Waals surface area contributed by atoms with E-state index in [1.807, 2.05) is 12.1 Å². The molecule has 0 spiro atoms. The fraction of sp³-hybridized carbons (Fsp3) is 0.429. The molecule has 5 aromatic rings. The number of carboxylic acid groups (broad SMARTS) is 1. The summed E-state index contributed by atoms with van der Waals surface area (Å²) in [4.78, 5) is 14.7. The highest BCUT2D eigenvalue weighted by atomic mass is 32.1. The second-order valence-corrected chi connectivity index (χ2v) is 15.1. The molecule has 270 valence electrons. The van der Waals surface area contributed by atoms with Crippen molar-refractivity contribution in [3.63, 3.8) is 0 Å². The Balaban J connectivity index is 1.52. The van der Waals surface area contributed by atoms with E-state index in [9.17, 15) is 15.2 Å². The van der Waals surface area contributed by atoms with Crippen LogP contribution in [0.3, 0.4) is 0 Å². The Morgan fingerprint density at radius 3 is 1.76 bits per heavy atom. The SMILES string of the molecule is CCCCCCOc1ccc(N(c2ccc(OCCCCCC)cc2)c2cc3c(s2)c2sc(/C=C(/C#N)C(=O)O)cc2n3CCCCCC)cc1. The van der Waals surface area contributed by atoms with Crippen molar-refractivity contribution in [1.82, 2.24) is 4.57 Å². The summed E-state index contributed by atoms with van der Waals surface area (Å²) < 4.78 is 16.8. The molecular formula is C42H51N3O4S2. The fourth-order valence-corrected chi connectivity index (χ4v) is 8.71. The van der Waals surface area contributed by atoms with Crippen LogP contribution in [-0.4, -0.2) is 28.9 Å². The number of rotatable bonds is 22. The molecule has 0 unspecified atom stereocenters. The molecule has 0 aliphatic rings. The van der Waals surface area contributed by atoms with Crippen molar-refractivity contribution in [2.45, 2.75) is 104 Å². The number of ether oxygens (including phenoxy) is 2. The minimum atomic E-state index is -1.21. The number of nitriles is 1. The van der Waals surface area contributed by atoms with Gasteiger partial charge in [-0.15, -0.1) is 22.7 Å². The van der Waals surface area contributed by atoms with E-state index < -0.39 is 5.97 Å². The van der Waals surface area contributed by atoms with Crippen LogP contribution in [0.4, 0.5) is 16.4 Å². The molecule has 0 atom stereocenters. The van der Waals surface area contributed by atoms with Gasteiger partial charge in [0.15, 0.2) is 0 Å². The summed E-state index contributed by atoms with van der Waals surface area (Å²) >= 11 is 3.28. The summed E-state index contributed by atoms with van der Waals surface area (Å²) in [5.74, 6) is 0.532. The van der Waals surface area contributed by atoms with Gasteiger partial charge in [-0.1, -0.05) is 78.6 Å². The molecule has 5 rings (SSSR count). The number of thiophene rings is 2. The van der Waals surface area contributed by atoms with Crippen LogP contribution in [0, 0.1) is 11.3 Å². The molecule has 0 bridgehead atoms. The molecule has 1 N–H and O–H groups in total. The maximum atomic E-state index is 11.6. The summed E-state index contributed by atoms with van der Waals surface area (Å²) in [6.45, 7) is 8.96. The lowest BCUT2D eigenvalue weighted by Crippen LogP contribution is -2.08. The zero-order valence-corrected chi connectivity index (χ0v) is 31.9. The van der Waals surface area contributed by atoms with Crippen LogP contribution < -0.4 is 14.4 Å². The van der Waals surface area contributed by atoms with Gasteiger partial charge >= 0.3 is 5.97 Å². The average Bonchev–Trinajstić information content (AvgIpc) is 3.82. The normalized spacial score (nSPS) is 11.7. The third kappa shape index (κ3) is 9.96. The van der Waals surface area contributed by atoms with Gasteiger partial charge in [0.2, 0.25) is 0 Å². The highest BCUT2D eigenvalue weighted by molar-refractivity contribution is 7.29. The molecule has 3 aromatic heterocycles. The van der Waals surface area contributed by atoms with Crippen LogP contribution in [0.2, 0.25) is 0 Å². The first-order chi connectivity index (χ1) is 25.0. The number of anilines is 3. The zero-order chi connectivity index (χ0) is 36.0. The smallest absolute Gasteiger partial charge is 0.346 e. The summed E-state index contributed by atoms with van der Waals surface area (Å²) in [6, 6.07) is 22.9. The maximum absolute atomic E-state index is 11.6. The Kier molecular flexibility index (Phi) is 14.4. The second-order valence-electron chi connectivity index (χ2n) is 13.0. The summed E-state index contributed by atoms with van der Waals surface area (Å²) in [6.07, 6.45) is 15.4. The van der Waals surface area contributed by atoms with Crippen LogP contribution in [0.15, 0.2) is 66.2 Å². The van der Waals surface area contributed by atoms with Crippen molar-refractivity contribution in [3.8, 4) is 17.6 Å². The first kappa shape index (κ1) is 38.0. The zero-order valence-electron chi connectivity index (χ0n) is 30.3. The molecule has 7 nitrogen and oxygen atoms in total. The van der Waals surface area contributed by atoms with E-state index in [0.29, 0.717) is 0 Å². The summed E-state index contributed by atoms with van der Waals surface area (Å²) in [7, 11) is 0. The number of aliphatic carboxylic acids is 1. The van der Waals surface area contributed by atoms with Crippen LogP contribution in [-0.2, 0) is 11.3 Å². The lowest BCUT2D eigenvalue weighted by molar-refractivity contribution is -0.132. The van der Waals surface area contributed by atoms with Gasteiger partial charge in [-0.3, -0.25) is 0 Å². The number of aryl methyl sites for hydroxylation is 1. The number of fused-ring (bicyclic) bond motifs is 3. The molecular weight excluding hydrogens is 675 g/mol. The predicted octanol–water partition coefficient (Wildman–Crippen LogP) is 12.9. The topological polar surface area (TPSA) is 87.7 Å². The Bertz CT molecular complexity index is 1850. The fourth-order valence-electron chi connectivity index (χ4n) is 6.25. The molecule has 3 heterocycles. The molecule has 0 amide bonds. The van der Waals surface area contributed by atoms with Gasteiger partial charge in [0, 0.05) is 22.8 Å². The minimum absolute atomic E-state index is 0.260. The van der Waals surface area contributed by atoms with Crippen LogP contribution in [0.25, 0.3) is 26.5 Å². The number of aromatic nitrogens is 1. The molecule has 0 fully saturated rings. The van der Waals surface area contributed by atoms with Crippen LogP contribution in [0.1, 0.15) is 103 Å². The van der Waals surface area contributed by atoms with Gasteiger partial charge in [0.1, 0.15) is 28.1 Å². The number of hydrogen-bond acceptors (Lipinski definition) is 7. The Hall–Kier alpha value is -4.26. The van der Waals surface area contributed by atoms with E-state index in [0.717, 1.165) is 93.1 Å². The molecule has 0 aliphatic carbocycles. The standard InChI is InChI=1S/C42H51N3O4S2/c1-4-7-10-13-24-44-37-28-36(27-31(30-43)42(46)47)50-40(37)41-38(44)29-39(51-41)45(32-16-20-34(21-17-32)48-25-14-11-8-5-2)33-18-22-35(23-19-33)49-26-15-12-9-6-3/h16-23,27-29H,4-15,24-26H2,1-3H3,(H,46,47)/b31-27-. The molecule has 0 saturated heterocycles.